The summed E-state index contributed by atoms with van der Waals surface area (Å²) in [6.07, 6.45) is 0. The van der Waals surface area contributed by atoms with Crippen molar-refractivity contribution in [1.29, 1.82) is 0 Å². The first kappa shape index (κ1) is 18.5. The van der Waals surface area contributed by atoms with Crippen molar-refractivity contribution >= 4 is 22.5 Å². The minimum atomic E-state index is -0.476. The Labute approximate surface area is 177 Å². The average Bonchev–Trinajstić information content (AvgIpc) is 3.36. The molecule has 1 aliphatic heterocycles. The van der Waals surface area contributed by atoms with Gasteiger partial charge < -0.3 is 14.5 Å². The Hall–Kier alpha value is -3.51. The van der Waals surface area contributed by atoms with Crippen molar-refractivity contribution in [2.24, 2.45) is 0 Å². The fourth-order valence-electron chi connectivity index (χ4n) is 4.01. The zero-order valence-electron chi connectivity index (χ0n) is 15.8. The van der Waals surface area contributed by atoms with Crippen LogP contribution in [-0.2, 0) is 0 Å². The van der Waals surface area contributed by atoms with Gasteiger partial charge in [-0.2, -0.15) is 0 Å². The molecule has 1 atom stereocenters. The summed E-state index contributed by atoms with van der Waals surface area (Å²) in [4.78, 5) is 14.8. The molecule has 1 N–H and O–H groups in total. The van der Waals surface area contributed by atoms with Crippen molar-refractivity contribution < 1.29 is 14.4 Å². The molecule has 0 saturated heterocycles. The maximum absolute atomic E-state index is 11.7. The summed E-state index contributed by atoms with van der Waals surface area (Å²) in [6, 6.07) is 20.8. The van der Waals surface area contributed by atoms with E-state index in [-0.39, 0.29) is 18.3 Å². The summed E-state index contributed by atoms with van der Waals surface area (Å²) in [5.74, 6) is 0.778. The summed E-state index contributed by atoms with van der Waals surface area (Å²) < 4.78 is 10.9. The van der Waals surface area contributed by atoms with Gasteiger partial charge in [-0.05, 0) is 47.0 Å². The zero-order valence-corrected chi connectivity index (χ0v) is 16.6. The fourth-order valence-corrected chi connectivity index (χ4v) is 4.14. The van der Waals surface area contributed by atoms with Crippen LogP contribution in [0.25, 0.3) is 22.2 Å². The predicted octanol–water partition coefficient (Wildman–Crippen LogP) is 5.63. The number of benzene rings is 3. The van der Waals surface area contributed by atoms with Gasteiger partial charge in [-0.15, -0.1) is 0 Å². The van der Waals surface area contributed by atoms with Crippen LogP contribution in [0.1, 0.15) is 17.0 Å². The van der Waals surface area contributed by atoms with Crippen LogP contribution in [0.3, 0.4) is 0 Å². The largest absolute Gasteiger partial charge is 0.454 e. The number of fused-ring (bicyclic) bond motifs is 2. The molecule has 0 amide bonds. The van der Waals surface area contributed by atoms with Crippen molar-refractivity contribution in [3.8, 4) is 22.8 Å². The van der Waals surface area contributed by atoms with Crippen LogP contribution in [-0.4, -0.2) is 23.2 Å². The smallest absolute Gasteiger partial charge is 0.231 e. The second kappa shape index (κ2) is 7.39. The van der Waals surface area contributed by atoms with Gasteiger partial charge in [0.25, 0.3) is 0 Å². The molecule has 150 valence electrons. The van der Waals surface area contributed by atoms with E-state index in [1.165, 1.54) is 0 Å². The van der Waals surface area contributed by atoms with Gasteiger partial charge in [-0.3, -0.25) is 10.1 Å². The lowest BCUT2D eigenvalue weighted by Gasteiger charge is -2.16. The van der Waals surface area contributed by atoms with Crippen LogP contribution in [0, 0.1) is 10.1 Å². The Bertz CT molecular complexity index is 1250. The molecule has 0 radical (unpaired) electrons. The number of para-hydroxylation sites is 1. The first-order chi connectivity index (χ1) is 14.6. The number of nitrogens with one attached hydrogen (secondary N) is 1. The van der Waals surface area contributed by atoms with E-state index in [9.17, 15) is 10.1 Å². The zero-order chi connectivity index (χ0) is 20.7. The van der Waals surface area contributed by atoms with Crippen LogP contribution in [0.5, 0.6) is 11.5 Å². The number of ether oxygens (including phenoxy) is 2. The van der Waals surface area contributed by atoms with E-state index in [1.54, 1.807) is 6.07 Å². The fraction of sp³-hybridized carbons (Fsp3) is 0.130. The standard InChI is InChI=1S/C23H17ClN2O4/c24-16-8-5-14(6-9-16)23-22(17-3-1-2-4-19(17)25-23)18(12-26(27)28)15-7-10-20-21(11-15)30-13-29-20/h1-11,18,25H,12-13H2. The third kappa shape index (κ3) is 3.25. The molecule has 1 aliphatic rings. The van der Waals surface area contributed by atoms with E-state index < -0.39 is 5.92 Å². The number of nitrogens with zero attached hydrogens (tertiary/aromatic N) is 1. The van der Waals surface area contributed by atoms with Gasteiger partial charge in [0.1, 0.15) is 0 Å². The highest BCUT2D eigenvalue weighted by Crippen LogP contribution is 2.42. The Morgan fingerprint density at radius 2 is 1.80 bits per heavy atom. The van der Waals surface area contributed by atoms with Crippen LogP contribution in [0.4, 0.5) is 0 Å². The molecule has 0 saturated carbocycles. The van der Waals surface area contributed by atoms with E-state index >= 15 is 0 Å². The number of halogens is 1. The summed E-state index contributed by atoms with van der Waals surface area (Å²) in [5, 5.41) is 13.2. The van der Waals surface area contributed by atoms with Crippen molar-refractivity contribution in [2.75, 3.05) is 13.3 Å². The number of aromatic nitrogens is 1. The lowest BCUT2D eigenvalue weighted by Crippen LogP contribution is -2.14. The molecule has 3 aromatic carbocycles. The van der Waals surface area contributed by atoms with E-state index in [4.69, 9.17) is 21.1 Å². The van der Waals surface area contributed by atoms with Gasteiger partial charge in [0.05, 0.1) is 11.6 Å². The second-order valence-electron chi connectivity index (χ2n) is 7.15. The third-order valence-corrected chi connectivity index (χ3v) is 5.61. The molecule has 0 fully saturated rings. The van der Waals surface area contributed by atoms with Gasteiger partial charge in [0, 0.05) is 20.8 Å². The number of H-pyrrole nitrogens is 1. The van der Waals surface area contributed by atoms with Gasteiger partial charge in [0.15, 0.2) is 11.5 Å². The van der Waals surface area contributed by atoms with Crippen molar-refractivity contribution in [2.45, 2.75) is 5.92 Å². The quantitative estimate of drug-likeness (QED) is 0.335. The number of hydrogen-bond donors (Lipinski definition) is 1. The summed E-state index contributed by atoms with van der Waals surface area (Å²) in [6.45, 7) is -0.0934. The molecule has 0 spiro atoms. The van der Waals surface area contributed by atoms with Gasteiger partial charge in [-0.1, -0.05) is 48.0 Å². The van der Waals surface area contributed by atoms with Crippen molar-refractivity contribution in [3.05, 3.63) is 93.0 Å². The van der Waals surface area contributed by atoms with Crippen molar-refractivity contribution in [1.82, 2.24) is 4.98 Å². The van der Waals surface area contributed by atoms with Crippen LogP contribution >= 0.6 is 11.6 Å². The summed E-state index contributed by atoms with van der Waals surface area (Å²) in [7, 11) is 0. The molecule has 2 heterocycles. The molecule has 0 bridgehead atoms. The first-order valence-corrected chi connectivity index (χ1v) is 9.86. The van der Waals surface area contributed by atoms with Crippen LogP contribution in [0.15, 0.2) is 66.7 Å². The maximum Gasteiger partial charge on any atom is 0.231 e. The Balaban J connectivity index is 1.74. The molecular weight excluding hydrogens is 404 g/mol. The highest BCUT2D eigenvalue weighted by Gasteiger charge is 2.29. The molecule has 5 rings (SSSR count). The molecule has 1 unspecified atom stereocenters. The minimum Gasteiger partial charge on any atom is -0.454 e. The molecular formula is C23H17ClN2O4. The number of aromatic amines is 1. The Kier molecular flexibility index (Phi) is 4.56. The van der Waals surface area contributed by atoms with Gasteiger partial charge >= 0.3 is 0 Å². The molecule has 6 nitrogen and oxygen atoms in total. The monoisotopic (exact) mass is 420 g/mol. The second-order valence-corrected chi connectivity index (χ2v) is 7.58. The Morgan fingerprint density at radius 3 is 2.60 bits per heavy atom. The molecule has 7 heteroatoms. The number of rotatable bonds is 5. The third-order valence-electron chi connectivity index (χ3n) is 5.36. The Morgan fingerprint density at radius 1 is 1.03 bits per heavy atom. The number of hydrogen-bond acceptors (Lipinski definition) is 4. The lowest BCUT2D eigenvalue weighted by atomic mass is 9.87. The van der Waals surface area contributed by atoms with Gasteiger partial charge in [0.2, 0.25) is 13.3 Å². The predicted molar refractivity (Wildman–Crippen MR) is 115 cm³/mol. The van der Waals surface area contributed by atoms with E-state index in [0.717, 1.165) is 33.3 Å². The van der Waals surface area contributed by atoms with Gasteiger partial charge in [-0.25, -0.2) is 0 Å². The first-order valence-electron chi connectivity index (χ1n) is 9.48. The molecule has 4 aromatic rings. The number of nitro groups is 1. The van der Waals surface area contributed by atoms with Crippen molar-refractivity contribution in [3.63, 3.8) is 0 Å². The summed E-state index contributed by atoms with van der Waals surface area (Å²) >= 11 is 6.07. The molecule has 1 aromatic heterocycles. The SMILES string of the molecule is O=[N+]([O-])CC(c1ccc2c(c1)OCO2)c1c(-c2ccc(Cl)cc2)[nH]c2ccccc12. The normalized spacial score (nSPS) is 13.5. The molecule has 0 aliphatic carbocycles. The minimum absolute atomic E-state index is 0.155. The lowest BCUT2D eigenvalue weighted by molar-refractivity contribution is -0.481. The topological polar surface area (TPSA) is 77.4 Å². The average molecular weight is 421 g/mol. The highest BCUT2D eigenvalue weighted by atomic mass is 35.5. The molecule has 30 heavy (non-hydrogen) atoms. The van der Waals surface area contributed by atoms with E-state index in [1.807, 2.05) is 60.7 Å². The highest BCUT2D eigenvalue weighted by molar-refractivity contribution is 6.30. The van der Waals surface area contributed by atoms with E-state index in [0.29, 0.717) is 16.5 Å². The van der Waals surface area contributed by atoms with E-state index in [2.05, 4.69) is 4.98 Å². The summed E-state index contributed by atoms with van der Waals surface area (Å²) in [5.41, 5.74) is 4.36. The maximum atomic E-state index is 11.7. The van der Waals surface area contributed by atoms with Crippen LogP contribution in [0.2, 0.25) is 5.02 Å². The van der Waals surface area contributed by atoms with Crippen LogP contribution < -0.4 is 9.47 Å².